The highest BCUT2D eigenvalue weighted by molar-refractivity contribution is 5.54. The number of hydrogen-bond donors (Lipinski definition) is 1. The number of nitrogens with two attached hydrogens (primary N) is 1. The van der Waals surface area contributed by atoms with Crippen LogP contribution in [0.3, 0.4) is 0 Å². The number of aryl methyl sites for hydroxylation is 1. The van der Waals surface area contributed by atoms with Gasteiger partial charge in [-0.05, 0) is 32.7 Å². The normalized spacial score (nSPS) is 16.4. The molecular weight excluding hydrogens is 264 g/mol. The van der Waals surface area contributed by atoms with Crippen LogP contribution in [0.1, 0.15) is 24.3 Å². The van der Waals surface area contributed by atoms with Gasteiger partial charge in [-0.25, -0.2) is 0 Å². The van der Waals surface area contributed by atoms with Crippen LogP contribution < -0.4 is 5.73 Å². The Bertz CT molecular complexity index is 589. The van der Waals surface area contributed by atoms with Crippen LogP contribution in [-0.2, 0) is 6.54 Å². The minimum absolute atomic E-state index is 0.416. The molecule has 1 saturated carbocycles. The topological polar surface area (TPSA) is 68.2 Å². The van der Waals surface area contributed by atoms with Crippen LogP contribution in [0.5, 0.6) is 0 Å². The van der Waals surface area contributed by atoms with E-state index in [4.69, 9.17) is 10.3 Å². The number of hydrogen-bond acceptors (Lipinski definition) is 5. The van der Waals surface area contributed by atoms with Gasteiger partial charge in [0.25, 0.3) is 0 Å². The summed E-state index contributed by atoms with van der Waals surface area (Å²) in [5, 5.41) is 4.07. The third kappa shape index (κ3) is 3.31. The number of aromatic nitrogens is 2. The molecule has 0 radical (unpaired) electrons. The summed E-state index contributed by atoms with van der Waals surface area (Å²) >= 11 is 0. The predicted molar refractivity (Wildman–Crippen MR) is 81.5 cm³/mol. The number of likely N-dealkylation sites (N-methyl/N-ethyl adjacent to an activating group) is 1. The van der Waals surface area contributed by atoms with Crippen molar-refractivity contribution in [1.82, 2.24) is 15.0 Å². The molecule has 1 aromatic carbocycles. The Hall–Kier alpha value is -1.72. The second-order valence-electron chi connectivity index (χ2n) is 5.93. The summed E-state index contributed by atoms with van der Waals surface area (Å²) in [6, 6.07) is 8.55. The van der Waals surface area contributed by atoms with Crippen molar-refractivity contribution in [3.05, 3.63) is 35.7 Å². The van der Waals surface area contributed by atoms with Gasteiger partial charge in [-0.3, -0.25) is 4.90 Å². The van der Waals surface area contributed by atoms with E-state index in [0.29, 0.717) is 30.8 Å². The molecule has 1 aliphatic rings. The molecule has 2 N–H and O–H groups in total. The van der Waals surface area contributed by atoms with Crippen LogP contribution in [0, 0.1) is 12.8 Å². The molecule has 2 aromatic rings. The molecule has 3 rings (SSSR count). The van der Waals surface area contributed by atoms with E-state index < -0.39 is 0 Å². The zero-order valence-corrected chi connectivity index (χ0v) is 12.6. The molecule has 1 heterocycles. The average Bonchev–Trinajstić information content (AvgIpc) is 3.20. The standard InChI is InChI=1S/C16H22N4O/c1-11-3-5-13(6-4-11)16-18-15(21-19-16)10-20(2)14(9-17)12-7-8-12/h3-6,12,14H,7-10,17H2,1-2H3. The summed E-state index contributed by atoms with van der Waals surface area (Å²) in [5.41, 5.74) is 8.07. The van der Waals surface area contributed by atoms with E-state index in [9.17, 15) is 0 Å². The van der Waals surface area contributed by atoms with Crippen LogP contribution in [0.25, 0.3) is 11.4 Å². The van der Waals surface area contributed by atoms with Gasteiger partial charge in [0.15, 0.2) is 0 Å². The first kappa shape index (κ1) is 14.2. The van der Waals surface area contributed by atoms with E-state index >= 15 is 0 Å². The van der Waals surface area contributed by atoms with Crippen molar-refractivity contribution >= 4 is 0 Å². The van der Waals surface area contributed by atoms with Crippen molar-refractivity contribution in [2.24, 2.45) is 11.7 Å². The minimum Gasteiger partial charge on any atom is -0.338 e. The van der Waals surface area contributed by atoms with Crippen LogP contribution >= 0.6 is 0 Å². The van der Waals surface area contributed by atoms with Gasteiger partial charge in [-0.15, -0.1) is 0 Å². The molecule has 0 amide bonds. The zero-order valence-electron chi connectivity index (χ0n) is 12.6. The monoisotopic (exact) mass is 286 g/mol. The van der Waals surface area contributed by atoms with Crippen LogP contribution in [0.4, 0.5) is 0 Å². The van der Waals surface area contributed by atoms with Gasteiger partial charge in [-0.2, -0.15) is 4.98 Å². The fourth-order valence-corrected chi connectivity index (χ4v) is 2.68. The SMILES string of the molecule is Cc1ccc(-c2noc(CN(C)C(CN)C3CC3)n2)cc1. The second kappa shape index (κ2) is 5.95. The molecule has 1 aromatic heterocycles. The molecule has 0 aliphatic heterocycles. The Labute approximate surface area is 125 Å². The highest BCUT2D eigenvalue weighted by atomic mass is 16.5. The highest BCUT2D eigenvalue weighted by Crippen LogP contribution is 2.34. The van der Waals surface area contributed by atoms with Gasteiger partial charge in [0, 0.05) is 18.2 Å². The molecule has 1 aliphatic carbocycles. The Balaban J connectivity index is 1.68. The van der Waals surface area contributed by atoms with E-state index in [0.717, 1.165) is 11.5 Å². The van der Waals surface area contributed by atoms with Crippen molar-refractivity contribution in [2.45, 2.75) is 32.4 Å². The second-order valence-corrected chi connectivity index (χ2v) is 5.93. The van der Waals surface area contributed by atoms with Gasteiger partial charge in [-0.1, -0.05) is 35.0 Å². The first-order valence-electron chi connectivity index (χ1n) is 7.47. The summed E-state index contributed by atoms with van der Waals surface area (Å²) < 4.78 is 5.37. The fraction of sp³-hybridized carbons (Fsp3) is 0.500. The first-order chi connectivity index (χ1) is 10.2. The zero-order chi connectivity index (χ0) is 14.8. The maximum Gasteiger partial charge on any atom is 0.241 e. The molecule has 0 spiro atoms. The average molecular weight is 286 g/mol. The molecule has 21 heavy (non-hydrogen) atoms. The van der Waals surface area contributed by atoms with E-state index in [1.54, 1.807) is 0 Å². The summed E-state index contributed by atoms with van der Waals surface area (Å²) in [5.74, 6) is 2.03. The number of nitrogens with zero attached hydrogens (tertiary/aromatic N) is 3. The fourth-order valence-electron chi connectivity index (χ4n) is 2.68. The first-order valence-corrected chi connectivity index (χ1v) is 7.47. The van der Waals surface area contributed by atoms with Crippen molar-refractivity contribution in [3.63, 3.8) is 0 Å². The van der Waals surface area contributed by atoms with Gasteiger partial charge < -0.3 is 10.3 Å². The lowest BCUT2D eigenvalue weighted by molar-refractivity contribution is 0.189. The predicted octanol–water partition coefficient (Wildman–Crippen LogP) is 2.21. The molecule has 1 unspecified atom stereocenters. The lowest BCUT2D eigenvalue weighted by Crippen LogP contribution is -2.39. The van der Waals surface area contributed by atoms with Crippen LogP contribution in [0.2, 0.25) is 0 Å². The maximum absolute atomic E-state index is 5.87. The summed E-state index contributed by atoms with van der Waals surface area (Å²) in [6.07, 6.45) is 2.56. The largest absolute Gasteiger partial charge is 0.338 e. The summed E-state index contributed by atoms with van der Waals surface area (Å²) in [6.45, 7) is 3.39. The molecule has 5 nitrogen and oxygen atoms in total. The van der Waals surface area contributed by atoms with Gasteiger partial charge in [0.1, 0.15) is 0 Å². The van der Waals surface area contributed by atoms with Gasteiger partial charge >= 0.3 is 0 Å². The summed E-state index contributed by atoms with van der Waals surface area (Å²) in [4.78, 5) is 6.71. The third-order valence-corrected chi connectivity index (χ3v) is 4.14. The number of rotatable bonds is 6. The van der Waals surface area contributed by atoms with E-state index in [2.05, 4.69) is 41.1 Å². The van der Waals surface area contributed by atoms with Crippen molar-refractivity contribution in [3.8, 4) is 11.4 Å². The minimum atomic E-state index is 0.416. The van der Waals surface area contributed by atoms with E-state index in [-0.39, 0.29) is 0 Å². The smallest absolute Gasteiger partial charge is 0.241 e. The van der Waals surface area contributed by atoms with Crippen LogP contribution in [0.15, 0.2) is 28.8 Å². The highest BCUT2D eigenvalue weighted by Gasteiger charge is 2.33. The third-order valence-electron chi connectivity index (χ3n) is 4.14. The molecule has 0 saturated heterocycles. The van der Waals surface area contributed by atoms with Gasteiger partial charge in [0.05, 0.1) is 6.54 Å². The Morgan fingerprint density at radius 3 is 2.67 bits per heavy atom. The quantitative estimate of drug-likeness (QED) is 0.882. The number of benzene rings is 1. The maximum atomic E-state index is 5.87. The molecule has 5 heteroatoms. The van der Waals surface area contributed by atoms with Crippen molar-refractivity contribution < 1.29 is 4.52 Å². The van der Waals surface area contributed by atoms with Crippen LogP contribution in [-0.4, -0.2) is 34.7 Å². The van der Waals surface area contributed by atoms with Crippen molar-refractivity contribution in [1.29, 1.82) is 0 Å². The lowest BCUT2D eigenvalue weighted by atomic mass is 10.1. The molecule has 1 fully saturated rings. The van der Waals surface area contributed by atoms with E-state index in [1.807, 2.05) is 12.1 Å². The van der Waals surface area contributed by atoms with Crippen molar-refractivity contribution in [2.75, 3.05) is 13.6 Å². The van der Waals surface area contributed by atoms with E-state index in [1.165, 1.54) is 18.4 Å². The van der Waals surface area contributed by atoms with Gasteiger partial charge in [0.2, 0.25) is 11.7 Å². The molecule has 1 atom stereocenters. The Kier molecular flexibility index (Phi) is 4.03. The summed E-state index contributed by atoms with van der Waals surface area (Å²) in [7, 11) is 2.07. The Morgan fingerprint density at radius 2 is 2.05 bits per heavy atom. The molecule has 112 valence electrons. The molecule has 0 bridgehead atoms. The lowest BCUT2D eigenvalue weighted by Gasteiger charge is -2.25. The molecular formula is C16H22N4O. The Morgan fingerprint density at radius 1 is 1.33 bits per heavy atom.